The monoisotopic (exact) mass is 385 g/mol. The number of pyridine rings is 1. The highest BCUT2D eigenvalue weighted by Gasteiger charge is 2.20. The van der Waals surface area contributed by atoms with Crippen LogP contribution in [0.1, 0.15) is 29.8 Å². The number of rotatable bonds is 5. The maximum Gasteiger partial charge on any atom is 0.341 e. The molecule has 0 saturated heterocycles. The first-order chi connectivity index (χ1) is 11.3. The summed E-state index contributed by atoms with van der Waals surface area (Å²) in [6.45, 7) is 3.46. The van der Waals surface area contributed by atoms with E-state index in [1.807, 2.05) is 0 Å². The summed E-state index contributed by atoms with van der Waals surface area (Å²) >= 11 is 18.2. The van der Waals surface area contributed by atoms with Gasteiger partial charge in [-0.15, -0.1) is 0 Å². The lowest BCUT2D eigenvalue weighted by Gasteiger charge is -2.14. The van der Waals surface area contributed by atoms with Crippen LogP contribution in [0.5, 0.6) is 0 Å². The minimum Gasteiger partial charge on any atom is -0.462 e. The molecule has 1 heterocycles. The fraction of sp³-hybridized carbons (Fsp3) is 0.188. The van der Waals surface area contributed by atoms with Crippen molar-refractivity contribution in [3.05, 3.63) is 50.6 Å². The van der Waals surface area contributed by atoms with Crippen LogP contribution in [-0.2, 0) is 4.74 Å². The third-order valence-electron chi connectivity index (χ3n) is 3.01. The third-order valence-corrected chi connectivity index (χ3v) is 3.84. The third kappa shape index (κ3) is 4.17. The van der Waals surface area contributed by atoms with Crippen molar-refractivity contribution in [3.63, 3.8) is 0 Å². The van der Waals surface area contributed by atoms with E-state index in [1.165, 1.54) is 6.20 Å². The molecule has 0 aliphatic carbocycles. The number of nitrogens with zero attached hydrogens (tertiary/aromatic N) is 1. The minimum absolute atomic E-state index is 0.103. The Morgan fingerprint density at radius 1 is 1.25 bits per heavy atom. The molecule has 1 aromatic heterocycles. The normalized spacial score (nSPS) is 10.4. The van der Waals surface area contributed by atoms with Crippen molar-refractivity contribution in [2.24, 2.45) is 0 Å². The molecular weight excluding hydrogens is 373 g/mol. The van der Waals surface area contributed by atoms with E-state index in [0.29, 0.717) is 27.1 Å². The van der Waals surface area contributed by atoms with Crippen LogP contribution < -0.4 is 5.32 Å². The lowest BCUT2D eigenvalue weighted by atomic mass is 10.1. The summed E-state index contributed by atoms with van der Waals surface area (Å²) in [7, 11) is 0. The Kier molecular flexibility index (Phi) is 6.04. The fourth-order valence-corrected chi connectivity index (χ4v) is 2.92. The zero-order chi connectivity index (χ0) is 17.9. The molecule has 0 fully saturated rings. The van der Waals surface area contributed by atoms with Crippen LogP contribution in [0.15, 0.2) is 24.4 Å². The van der Waals surface area contributed by atoms with Gasteiger partial charge in [-0.2, -0.15) is 0 Å². The second kappa shape index (κ2) is 7.83. The van der Waals surface area contributed by atoms with Gasteiger partial charge in [0.15, 0.2) is 0 Å². The smallest absolute Gasteiger partial charge is 0.341 e. The number of anilines is 2. The lowest BCUT2D eigenvalue weighted by molar-refractivity contribution is 0.0526. The maximum atomic E-state index is 11.9. The van der Waals surface area contributed by atoms with E-state index in [9.17, 15) is 4.79 Å². The van der Waals surface area contributed by atoms with Crippen LogP contribution >= 0.6 is 34.8 Å². The van der Waals surface area contributed by atoms with Crippen LogP contribution in [0.25, 0.3) is 0 Å². The molecule has 8 heteroatoms. The lowest BCUT2D eigenvalue weighted by Crippen LogP contribution is -2.11. The SMILES string of the molecule is CCOC(=O)c1cnc(Nc2cc(Cl)cc(Cl)c2)c(C(C)=N)c1Cl. The van der Waals surface area contributed by atoms with Gasteiger partial charge in [-0.25, -0.2) is 9.78 Å². The highest BCUT2D eigenvalue weighted by molar-refractivity contribution is 6.37. The van der Waals surface area contributed by atoms with E-state index in [1.54, 1.807) is 32.0 Å². The molecule has 2 rings (SSSR count). The number of esters is 1. The van der Waals surface area contributed by atoms with Crippen molar-refractivity contribution in [1.29, 1.82) is 5.41 Å². The highest BCUT2D eigenvalue weighted by atomic mass is 35.5. The van der Waals surface area contributed by atoms with Crippen molar-refractivity contribution in [2.75, 3.05) is 11.9 Å². The number of hydrogen-bond acceptors (Lipinski definition) is 5. The van der Waals surface area contributed by atoms with E-state index in [-0.39, 0.29) is 22.9 Å². The number of nitrogens with one attached hydrogen (secondary N) is 2. The van der Waals surface area contributed by atoms with Crippen molar-refractivity contribution in [1.82, 2.24) is 4.98 Å². The second-order valence-electron chi connectivity index (χ2n) is 4.84. The summed E-state index contributed by atoms with van der Waals surface area (Å²) in [5.41, 5.74) is 1.14. The fourth-order valence-electron chi connectivity index (χ4n) is 2.04. The summed E-state index contributed by atoms with van der Waals surface area (Å²) in [6.07, 6.45) is 1.31. The molecular formula is C16H14Cl3N3O2. The van der Waals surface area contributed by atoms with Crippen molar-refractivity contribution < 1.29 is 9.53 Å². The largest absolute Gasteiger partial charge is 0.462 e. The van der Waals surface area contributed by atoms with Crippen molar-refractivity contribution >= 4 is 58.0 Å². The summed E-state index contributed by atoms with van der Waals surface area (Å²) in [4.78, 5) is 16.1. The summed E-state index contributed by atoms with van der Waals surface area (Å²) in [5, 5.41) is 12.0. The van der Waals surface area contributed by atoms with Crippen molar-refractivity contribution in [3.8, 4) is 0 Å². The number of benzene rings is 1. The highest BCUT2D eigenvalue weighted by Crippen LogP contribution is 2.31. The summed E-state index contributed by atoms with van der Waals surface area (Å²) < 4.78 is 4.94. The number of hydrogen-bond donors (Lipinski definition) is 2. The first-order valence-corrected chi connectivity index (χ1v) is 8.11. The standard InChI is InChI=1S/C16H14Cl3N3O2/c1-3-24-16(23)12-7-21-15(13(8(2)20)14(12)19)22-11-5-9(17)4-10(18)6-11/h4-7,20H,3H2,1-2H3,(H,21,22). The number of carbonyl (C=O) groups excluding carboxylic acids is 1. The zero-order valence-corrected chi connectivity index (χ0v) is 15.2. The topological polar surface area (TPSA) is 75.1 Å². The molecule has 126 valence electrons. The first kappa shape index (κ1) is 18.5. The van der Waals surface area contributed by atoms with E-state index in [4.69, 9.17) is 44.9 Å². The van der Waals surface area contributed by atoms with Crippen LogP contribution in [0, 0.1) is 5.41 Å². The average Bonchev–Trinajstić information content (AvgIpc) is 2.46. The molecule has 1 aromatic carbocycles. The molecule has 0 saturated carbocycles. The quantitative estimate of drug-likeness (QED) is 0.536. The zero-order valence-electron chi connectivity index (χ0n) is 12.9. The van der Waals surface area contributed by atoms with Gasteiger partial charge in [-0.05, 0) is 32.0 Å². The number of ether oxygens (including phenoxy) is 1. The Balaban J connectivity index is 2.48. The summed E-state index contributed by atoms with van der Waals surface area (Å²) in [6, 6.07) is 4.91. The Bertz CT molecular complexity index is 789. The number of carbonyl (C=O) groups is 1. The molecule has 0 bridgehead atoms. The van der Waals surface area contributed by atoms with Crippen LogP contribution in [0.3, 0.4) is 0 Å². The van der Waals surface area contributed by atoms with Crippen LogP contribution in [0.2, 0.25) is 15.1 Å². The van der Waals surface area contributed by atoms with E-state index in [0.717, 1.165) is 0 Å². The molecule has 24 heavy (non-hydrogen) atoms. The van der Waals surface area contributed by atoms with Gasteiger partial charge in [-0.3, -0.25) is 0 Å². The Labute approximate surface area is 154 Å². The van der Waals surface area contributed by atoms with Gasteiger partial charge < -0.3 is 15.5 Å². The molecule has 2 N–H and O–H groups in total. The van der Waals surface area contributed by atoms with Gasteiger partial charge in [0.25, 0.3) is 0 Å². The maximum absolute atomic E-state index is 11.9. The molecule has 0 unspecified atom stereocenters. The van der Waals surface area contributed by atoms with Crippen molar-refractivity contribution in [2.45, 2.75) is 13.8 Å². The summed E-state index contributed by atoms with van der Waals surface area (Å²) in [5.74, 6) is -0.270. The van der Waals surface area contributed by atoms with Gasteiger partial charge >= 0.3 is 5.97 Å². The van der Waals surface area contributed by atoms with E-state index >= 15 is 0 Å². The second-order valence-corrected chi connectivity index (χ2v) is 6.09. The minimum atomic E-state index is -0.588. The number of halogens is 3. The Hall–Kier alpha value is -1.82. The molecule has 0 aliphatic heterocycles. The van der Waals surface area contributed by atoms with E-state index < -0.39 is 5.97 Å². The van der Waals surface area contributed by atoms with Gasteiger partial charge in [0.1, 0.15) is 5.82 Å². The molecule has 0 amide bonds. The molecule has 5 nitrogen and oxygen atoms in total. The molecule has 0 atom stereocenters. The van der Waals surface area contributed by atoms with Gasteiger partial charge in [0, 0.05) is 27.6 Å². The van der Waals surface area contributed by atoms with Gasteiger partial charge in [0.05, 0.1) is 22.8 Å². The first-order valence-electron chi connectivity index (χ1n) is 6.97. The number of aromatic nitrogens is 1. The average molecular weight is 387 g/mol. The molecule has 0 radical (unpaired) electrons. The van der Waals surface area contributed by atoms with Gasteiger partial charge in [0.2, 0.25) is 0 Å². The van der Waals surface area contributed by atoms with E-state index in [2.05, 4.69) is 10.3 Å². The molecule has 2 aromatic rings. The molecule has 0 spiro atoms. The predicted molar refractivity (Wildman–Crippen MR) is 97.5 cm³/mol. The molecule has 0 aliphatic rings. The van der Waals surface area contributed by atoms with Crippen LogP contribution in [0.4, 0.5) is 11.5 Å². The Morgan fingerprint density at radius 2 is 1.88 bits per heavy atom. The Morgan fingerprint density at radius 3 is 2.42 bits per heavy atom. The predicted octanol–water partition coefficient (Wildman–Crippen LogP) is 5.35. The van der Waals surface area contributed by atoms with Gasteiger partial charge in [-0.1, -0.05) is 34.8 Å². The van der Waals surface area contributed by atoms with Crippen LogP contribution in [-0.4, -0.2) is 23.3 Å².